The fraction of sp³-hybridized carbons (Fsp3) is 0.333. The molecule has 1 aliphatic rings. The van der Waals surface area contributed by atoms with E-state index in [9.17, 15) is 9.59 Å². The Morgan fingerprint density at radius 3 is 2.88 bits per heavy atom. The Balaban J connectivity index is 1.62. The highest BCUT2D eigenvalue weighted by molar-refractivity contribution is 5.95. The molecule has 1 atom stereocenters. The van der Waals surface area contributed by atoms with Crippen molar-refractivity contribution in [2.45, 2.75) is 25.4 Å². The summed E-state index contributed by atoms with van der Waals surface area (Å²) in [6, 6.07) is 9.95. The molecule has 132 valence electrons. The lowest BCUT2D eigenvalue weighted by Crippen LogP contribution is -2.47. The van der Waals surface area contributed by atoms with Crippen LogP contribution in [-0.4, -0.2) is 36.5 Å². The summed E-state index contributed by atoms with van der Waals surface area (Å²) in [4.78, 5) is 26.6. The predicted molar refractivity (Wildman–Crippen MR) is 92.3 cm³/mol. The molecule has 7 heteroatoms. The number of urea groups is 1. The molecule has 2 heterocycles. The number of amides is 3. The number of benzene rings is 1. The molecule has 3 amide bonds. The summed E-state index contributed by atoms with van der Waals surface area (Å²) in [6.45, 7) is 0.851. The van der Waals surface area contributed by atoms with Crippen LogP contribution in [-0.2, 0) is 11.3 Å². The lowest BCUT2D eigenvalue weighted by molar-refractivity contribution is -0.124. The standard InChI is InChI=1S/C18H21N3O4/c1-24-16-9-3-2-7-14(16)20-18(23)21-10-4-8-15(21)17(22)19-12-13-6-5-11-25-13/h2-3,5-7,9,11,15H,4,8,10,12H2,1H3,(H,19,22)(H,20,23)/t15-/m0/s1. The van der Waals surface area contributed by atoms with Crippen molar-refractivity contribution < 1.29 is 18.7 Å². The van der Waals surface area contributed by atoms with Crippen LogP contribution in [0.3, 0.4) is 0 Å². The summed E-state index contributed by atoms with van der Waals surface area (Å²) in [5.41, 5.74) is 0.580. The van der Waals surface area contributed by atoms with Crippen LogP contribution in [0.2, 0.25) is 0 Å². The fourth-order valence-electron chi connectivity index (χ4n) is 2.92. The monoisotopic (exact) mass is 343 g/mol. The Morgan fingerprint density at radius 2 is 2.12 bits per heavy atom. The Kier molecular flexibility index (Phi) is 5.23. The predicted octanol–water partition coefficient (Wildman–Crippen LogP) is 2.60. The van der Waals surface area contributed by atoms with Crippen LogP contribution in [0.25, 0.3) is 0 Å². The highest BCUT2D eigenvalue weighted by Crippen LogP contribution is 2.25. The first-order chi connectivity index (χ1) is 12.2. The van der Waals surface area contributed by atoms with Gasteiger partial charge in [-0.3, -0.25) is 4.79 Å². The van der Waals surface area contributed by atoms with Gasteiger partial charge >= 0.3 is 6.03 Å². The van der Waals surface area contributed by atoms with Crippen molar-refractivity contribution in [3.8, 4) is 5.75 Å². The highest BCUT2D eigenvalue weighted by Gasteiger charge is 2.34. The zero-order chi connectivity index (χ0) is 17.6. The molecule has 2 aromatic rings. The second kappa shape index (κ2) is 7.74. The number of methoxy groups -OCH3 is 1. The first-order valence-electron chi connectivity index (χ1n) is 8.20. The van der Waals surface area contributed by atoms with Crippen LogP contribution in [0.5, 0.6) is 5.75 Å². The molecule has 0 aliphatic carbocycles. The van der Waals surface area contributed by atoms with Crippen molar-refractivity contribution >= 4 is 17.6 Å². The molecule has 0 unspecified atom stereocenters. The van der Waals surface area contributed by atoms with Gasteiger partial charge in [0.25, 0.3) is 0 Å². The fourth-order valence-corrected chi connectivity index (χ4v) is 2.92. The van der Waals surface area contributed by atoms with E-state index in [2.05, 4.69) is 10.6 Å². The van der Waals surface area contributed by atoms with E-state index < -0.39 is 6.04 Å². The molecular weight excluding hydrogens is 322 g/mol. The summed E-state index contributed by atoms with van der Waals surface area (Å²) < 4.78 is 10.4. The van der Waals surface area contributed by atoms with Crippen LogP contribution in [0.4, 0.5) is 10.5 Å². The van der Waals surface area contributed by atoms with E-state index in [4.69, 9.17) is 9.15 Å². The molecule has 0 radical (unpaired) electrons. The minimum Gasteiger partial charge on any atom is -0.495 e. The van der Waals surface area contributed by atoms with Gasteiger partial charge in [-0.25, -0.2) is 4.79 Å². The van der Waals surface area contributed by atoms with Crippen molar-refractivity contribution in [1.82, 2.24) is 10.2 Å². The van der Waals surface area contributed by atoms with Gasteiger partial charge in [0.1, 0.15) is 17.6 Å². The van der Waals surface area contributed by atoms with Crippen LogP contribution < -0.4 is 15.4 Å². The number of para-hydroxylation sites is 2. The summed E-state index contributed by atoms with van der Waals surface area (Å²) in [5.74, 6) is 1.08. The van der Waals surface area contributed by atoms with Gasteiger partial charge in [-0.2, -0.15) is 0 Å². The minimum atomic E-state index is -0.482. The summed E-state index contributed by atoms with van der Waals surface area (Å²) >= 11 is 0. The number of nitrogens with zero attached hydrogens (tertiary/aromatic N) is 1. The maximum absolute atomic E-state index is 12.6. The lowest BCUT2D eigenvalue weighted by Gasteiger charge is -2.24. The van der Waals surface area contributed by atoms with Crippen molar-refractivity contribution in [1.29, 1.82) is 0 Å². The third-order valence-electron chi connectivity index (χ3n) is 4.18. The molecule has 1 aromatic heterocycles. The topological polar surface area (TPSA) is 83.8 Å². The summed E-state index contributed by atoms with van der Waals surface area (Å²) in [6.07, 6.45) is 2.99. The zero-order valence-electron chi connectivity index (χ0n) is 14.0. The maximum atomic E-state index is 12.6. The van der Waals surface area contributed by atoms with Crippen LogP contribution in [0.1, 0.15) is 18.6 Å². The van der Waals surface area contributed by atoms with Gasteiger partial charge in [-0.1, -0.05) is 12.1 Å². The molecule has 1 saturated heterocycles. The molecule has 1 fully saturated rings. The van der Waals surface area contributed by atoms with Crippen molar-refractivity contribution in [2.24, 2.45) is 0 Å². The molecule has 0 spiro atoms. The smallest absolute Gasteiger partial charge is 0.322 e. The van der Waals surface area contributed by atoms with E-state index in [-0.39, 0.29) is 11.9 Å². The van der Waals surface area contributed by atoms with Gasteiger partial charge < -0.3 is 24.7 Å². The Hall–Kier alpha value is -2.96. The van der Waals surface area contributed by atoms with Gasteiger partial charge in [0.15, 0.2) is 0 Å². The third kappa shape index (κ3) is 3.93. The van der Waals surface area contributed by atoms with Crippen molar-refractivity contribution in [2.75, 3.05) is 19.0 Å². The van der Waals surface area contributed by atoms with E-state index in [0.717, 1.165) is 6.42 Å². The molecule has 2 N–H and O–H groups in total. The SMILES string of the molecule is COc1ccccc1NC(=O)N1CCC[C@H]1C(=O)NCc1ccco1. The molecule has 1 aromatic carbocycles. The van der Waals surface area contributed by atoms with E-state index >= 15 is 0 Å². The number of likely N-dealkylation sites (tertiary alicyclic amines) is 1. The maximum Gasteiger partial charge on any atom is 0.322 e. The van der Waals surface area contributed by atoms with Gasteiger partial charge in [0.05, 0.1) is 25.6 Å². The average Bonchev–Trinajstić information content (AvgIpc) is 3.31. The number of carbonyl (C=O) groups excluding carboxylic acids is 2. The van der Waals surface area contributed by atoms with Gasteiger partial charge in [0, 0.05) is 6.54 Å². The number of carbonyl (C=O) groups is 2. The molecule has 7 nitrogen and oxygen atoms in total. The van der Waals surface area contributed by atoms with E-state index in [1.54, 1.807) is 42.5 Å². The molecule has 3 rings (SSSR count). The highest BCUT2D eigenvalue weighted by atomic mass is 16.5. The van der Waals surface area contributed by atoms with E-state index in [1.807, 2.05) is 12.1 Å². The quantitative estimate of drug-likeness (QED) is 0.874. The second-order valence-electron chi connectivity index (χ2n) is 5.78. The summed E-state index contributed by atoms with van der Waals surface area (Å²) in [5, 5.41) is 5.64. The first-order valence-corrected chi connectivity index (χ1v) is 8.20. The molecule has 1 aliphatic heterocycles. The minimum absolute atomic E-state index is 0.177. The molecular formula is C18H21N3O4. The molecule has 25 heavy (non-hydrogen) atoms. The summed E-state index contributed by atoms with van der Waals surface area (Å²) in [7, 11) is 1.55. The average molecular weight is 343 g/mol. The number of hydrogen-bond acceptors (Lipinski definition) is 4. The lowest BCUT2D eigenvalue weighted by atomic mass is 10.2. The van der Waals surface area contributed by atoms with Gasteiger partial charge in [0.2, 0.25) is 5.91 Å². The number of nitrogens with one attached hydrogen (secondary N) is 2. The van der Waals surface area contributed by atoms with Crippen LogP contribution in [0.15, 0.2) is 47.1 Å². The Labute approximate surface area is 145 Å². The number of anilines is 1. The number of rotatable bonds is 5. The largest absolute Gasteiger partial charge is 0.495 e. The second-order valence-corrected chi connectivity index (χ2v) is 5.78. The van der Waals surface area contributed by atoms with Crippen LogP contribution in [0, 0.1) is 0 Å². The molecule has 0 bridgehead atoms. The normalized spacial score (nSPS) is 16.5. The van der Waals surface area contributed by atoms with Crippen LogP contribution >= 0.6 is 0 Å². The number of ether oxygens (including phenoxy) is 1. The van der Waals surface area contributed by atoms with Crippen molar-refractivity contribution in [3.63, 3.8) is 0 Å². The van der Waals surface area contributed by atoms with Gasteiger partial charge in [-0.05, 0) is 37.1 Å². The van der Waals surface area contributed by atoms with E-state index in [0.29, 0.717) is 36.7 Å². The van der Waals surface area contributed by atoms with Gasteiger partial charge in [-0.15, -0.1) is 0 Å². The third-order valence-corrected chi connectivity index (χ3v) is 4.18. The Morgan fingerprint density at radius 1 is 1.28 bits per heavy atom. The zero-order valence-corrected chi connectivity index (χ0v) is 14.0. The van der Waals surface area contributed by atoms with E-state index in [1.165, 1.54) is 0 Å². The number of furan rings is 1. The van der Waals surface area contributed by atoms with Crippen molar-refractivity contribution in [3.05, 3.63) is 48.4 Å². The Bertz CT molecular complexity index is 730. The number of hydrogen-bond donors (Lipinski definition) is 2. The first kappa shape index (κ1) is 16.9. The molecule has 0 saturated carbocycles.